The Bertz CT molecular complexity index is 559. The quantitative estimate of drug-likeness (QED) is 0.640. The van der Waals surface area contributed by atoms with Gasteiger partial charge >= 0.3 is 0 Å². The molecule has 0 radical (unpaired) electrons. The van der Waals surface area contributed by atoms with Crippen molar-refractivity contribution < 1.29 is 9.47 Å². The smallest absolute Gasteiger partial charge is 0.127 e. The molecule has 0 bridgehead atoms. The number of thiophene rings is 1. The second-order valence-electron chi connectivity index (χ2n) is 4.00. The predicted molar refractivity (Wildman–Crippen MR) is 87.1 cm³/mol. The first-order valence-electron chi connectivity index (χ1n) is 5.69. The molecule has 0 aliphatic heterocycles. The van der Waals surface area contributed by atoms with Crippen LogP contribution in [-0.4, -0.2) is 14.2 Å². The third-order valence-corrected chi connectivity index (χ3v) is 5.44. The van der Waals surface area contributed by atoms with Crippen LogP contribution in [0.1, 0.15) is 20.8 Å². The van der Waals surface area contributed by atoms with Crippen molar-refractivity contribution >= 4 is 43.2 Å². The summed E-state index contributed by atoms with van der Waals surface area (Å²) in [5.74, 6) is 1.64. The highest BCUT2D eigenvalue weighted by Crippen LogP contribution is 2.45. The van der Waals surface area contributed by atoms with Crippen molar-refractivity contribution in [3.05, 3.63) is 44.1 Å². The zero-order valence-corrected chi connectivity index (χ0v) is 14.9. The van der Waals surface area contributed by atoms with Gasteiger partial charge in [0.15, 0.2) is 0 Å². The molecule has 0 saturated heterocycles. The molecule has 0 fully saturated rings. The van der Waals surface area contributed by atoms with Gasteiger partial charge in [-0.2, -0.15) is 0 Å². The van der Waals surface area contributed by atoms with Gasteiger partial charge in [-0.05, 0) is 46.6 Å². The van der Waals surface area contributed by atoms with E-state index in [1.165, 1.54) is 10.4 Å². The number of benzene rings is 1. The molecule has 1 atom stereocenters. The summed E-state index contributed by atoms with van der Waals surface area (Å²) in [7, 11) is 3.35. The average Bonchev–Trinajstić information content (AvgIpc) is 2.75. The second-order valence-corrected chi connectivity index (χ2v) is 7.55. The Morgan fingerprint density at radius 3 is 2.16 bits per heavy atom. The molecule has 1 unspecified atom stereocenters. The molecule has 0 amide bonds. The first kappa shape index (κ1) is 14.9. The van der Waals surface area contributed by atoms with Crippen LogP contribution in [0, 0.1) is 6.92 Å². The molecule has 0 aliphatic rings. The van der Waals surface area contributed by atoms with E-state index in [-0.39, 0.29) is 4.83 Å². The summed E-state index contributed by atoms with van der Waals surface area (Å²) < 4.78 is 12.0. The zero-order valence-electron chi connectivity index (χ0n) is 10.9. The maximum Gasteiger partial charge on any atom is 0.127 e. The molecule has 0 aliphatic carbocycles. The fourth-order valence-electron chi connectivity index (χ4n) is 2.00. The molecule has 1 heterocycles. The first-order valence-corrected chi connectivity index (χ1v) is 8.21. The molecule has 0 spiro atoms. The Labute approximate surface area is 134 Å². The highest BCUT2D eigenvalue weighted by Gasteiger charge is 2.22. The average molecular weight is 406 g/mol. The number of ether oxygens (including phenoxy) is 2. The topological polar surface area (TPSA) is 18.5 Å². The largest absolute Gasteiger partial charge is 0.496 e. The van der Waals surface area contributed by atoms with Crippen LogP contribution in [0.3, 0.4) is 0 Å². The maximum absolute atomic E-state index is 5.46. The van der Waals surface area contributed by atoms with E-state index < -0.39 is 0 Å². The van der Waals surface area contributed by atoms with E-state index in [1.54, 1.807) is 25.6 Å². The molecule has 0 N–H and O–H groups in total. The predicted octanol–water partition coefficient (Wildman–Crippen LogP) is 5.32. The lowest BCUT2D eigenvalue weighted by Crippen LogP contribution is -2.00. The summed E-state index contributed by atoms with van der Waals surface area (Å²) in [5, 5.41) is 0. The molecule has 102 valence electrons. The van der Waals surface area contributed by atoms with Gasteiger partial charge in [0.25, 0.3) is 0 Å². The van der Waals surface area contributed by atoms with E-state index in [2.05, 4.69) is 44.8 Å². The van der Waals surface area contributed by atoms with Crippen LogP contribution in [-0.2, 0) is 0 Å². The van der Waals surface area contributed by atoms with Gasteiger partial charge in [-0.15, -0.1) is 11.3 Å². The molecule has 5 heteroatoms. The highest BCUT2D eigenvalue weighted by molar-refractivity contribution is 9.11. The van der Waals surface area contributed by atoms with E-state index >= 15 is 0 Å². The normalized spacial score (nSPS) is 12.3. The molecule has 2 rings (SSSR count). The minimum absolute atomic E-state index is 0.0427. The number of rotatable bonds is 4. The van der Waals surface area contributed by atoms with E-state index in [0.717, 1.165) is 20.8 Å². The maximum atomic E-state index is 5.46. The van der Waals surface area contributed by atoms with Crippen molar-refractivity contribution in [1.29, 1.82) is 0 Å². The third-order valence-electron chi connectivity index (χ3n) is 2.92. The minimum atomic E-state index is 0.0427. The Hall–Kier alpha value is -0.520. The summed E-state index contributed by atoms with van der Waals surface area (Å²) in [6.07, 6.45) is 0. The van der Waals surface area contributed by atoms with Crippen LogP contribution in [0.2, 0.25) is 0 Å². The van der Waals surface area contributed by atoms with Crippen molar-refractivity contribution in [2.75, 3.05) is 14.2 Å². The summed E-state index contributed by atoms with van der Waals surface area (Å²) >= 11 is 9.02. The SMILES string of the molecule is COc1cccc(OC)c1C(Br)c1cc(Br)sc1C. The molecule has 2 nitrogen and oxygen atoms in total. The fraction of sp³-hybridized carbons (Fsp3) is 0.286. The fourth-order valence-corrected chi connectivity index (χ4v) is 4.82. The lowest BCUT2D eigenvalue weighted by Gasteiger charge is -2.17. The van der Waals surface area contributed by atoms with Crippen molar-refractivity contribution in [2.24, 2.45) is 0 Å². The molecule has 2 aromatic rings. The first-order chi connectivity index (χ1) is 9.08. The number of hydrogen-bond donors (Lipinski definition) is 0. The number of halogens is 2. The molecular weight excluding hydrogens is 392 g/mol. The number of hydrogen-bond acceptors (Lipinski definition) is 3. The Morgan fingerprint density at radius 2 is 1.74 bits per heavy atom. The van der Waals surface area contributed by atoms with Gasteiger partial charge in [0.05, 0.1) is 28.4 Å². The van der Waals surface area contributed by atoms with E-state index in [0.29, 0.717) is 0 Å². The van der Waals surface area contributed by atoms with Crippen LogP contribution in [0.25, 0.3) is 0 Å². The Morgan fingerprint density at radius 1 is 1.16 bits per heavy atom. The van der Waals surface area contributed by atoms with Crippen molar-refractivity contribution in [1.82, 2.24) is 0 Å². The third kappa shape index (κ3) is 2.98. The molecular formula is C14H14Br2O2S. The van der Waals surface area contributed by atoms with Crippen LogP contribution in [0.4, 0.5) is 0 Å². The van der Waals surface area contributed by atoms with Crippen molar-refractivity contribution in [3.63, 3.8) is 0 Å². The molecule has 1 aromatic heterocycles. The zero-order chi connectivity index (χ0) is 14.0. The standard InChI is InChI=1S/C14H14Br2O2S/c1-8-9(7-12(15)19-8)14(16)13-10(17-2)5-4-6-11(13)18-3/h4-7,14H,1-3H3. The van der Waals surface area contributed by atoms with E-state index in [1.807, 2.05) is 18.2 Å². The molecule has 19 heavy (non-hydrogen) atoms. The Balaban J connectivity index is 2.54. The lowest BCUT2D eigenvalue weighted by molar-refractivity contribution is 0.386. The highest BCUT2D eigenvalue weighted by atomic mass is 79.9. The van der Waals surface area contributed by atoms with Gasteiger partial charge < -0.3 is 9.47 Å². The van der Waals surface area contributed by atoms with Gasteiger partial charge in [0.2, 0.25) is 0 Å². The van der Waals surface area contributed by atoms with Crippen molar-refractivity contribution in [3.8, 4) is 11.5 Å². The van der Waals surface area contributed by atoms with Crippen LogP contribution in [0.5, 0.6) is 11.5 Å². The van der Waals surface area contributed by atoms with Crippen molar-refractivity contribution in [2.45, 2.75) is 11.8 Å². The molecule has 0 saturated carbocycles. The Kier molecular flexibility index (Phi) is 4.92. The molecule has 1 aromatic carbocycles. The summed E-state index contributed by atoms with van der Waals surface area (Å²) in [4.78, 5) is 1.31. The van der Waals surface area contributed by atoms with Gasteiger partial charge in [0, 0.05) is 4.88 Å². The second kappa shape index (κ2) is 6.29. The van der Waals surface area contributed by atoms with Gasteiger partial charge in [-0.1, -0.05) is 22.0 Å². The summed E-state index contributed by atoms with van der Waals surface area (Å²) in [6.45, 7) is 2.11. The van der Waals surface area contributed by atoms with Gasteiger partial charge in [-0.3, -0.25) is 0 Å². The van der Waals surface area contributed by atoms with Crippen LogP contribution >= 0.6 is 43.2 Å². The van der Waals surface area contributed by atoms with Crippen LogP contribution < -0.4 is 9.47 Å². The van der Waals surface area contributed by atoms with E-state index in [9.17, 15) is 0 Å². The number of methoxy groups -OCH3 is 2. The van der Waals surface area contributed by atoms with Gasteiger partial charge in [0.1, 0.15) is 11.5 Å². The van der Waals surface area contributed by atoms with Crippen LogP contribution in [0.15, 0.2) is 28.1 Å². The van der Waals surface area contributed by atoms with Gasteiger partial charge in [-0.25, -0.2) is 0 Å². The van der Waals surface area contributed by atoms with E-state index in [4.69, 9.17) is 9.47 Å². The number of aryl methyl sites for hydroxylation is 1. The monoisotopic (exact) mass is 404 g/mol. The lowest BCUT2D eigenvalue weighted by atomic mass is 10.0. The minimum Gasteiger partial charge on any atom is -0.496 e. The number of alkyl halides is 1. The summed E-state index contributed by atoms with van der Waals surface area (Å²) in [6, 6.07) is 7.95. The summed E-state index contributed by atoms with van der Waals surface area (Å²) in [5.41, 5.74) is 2.24.